The Morgan fingerprint density at radius 3 is 2.63 bits per heavy atom. The summed E-state index contributed by atoms with van der Waals surface area (Å²) in [5, 5.41) is 4.19. The second-order valence-corrected chi connectivity index (χ2v) is 9.18. The number of aryl methyl sites for hydroxylation is 2. The van der Waals surface area contributed by atoms with Gasteiger partial charge in [-0.3, -0.25) is 14.2 Å². The molecule has 1 N–H and O–H groups in total. The molecule has 0 aliphatic heterocycles. The van der Waals surface area contributed by atoms with Crippen molar-refractivity contribution in [3.63, 3.8) is 0 Å². The molecule has 0 bridgehead atoms. The Kier molecular flexibility index (Phi) is 7.88. The predicted octanol–water partition coefficient (Wildman–Crippen LogP) is 3.68. The molecule has 0 saturated heterocycles. The number of hydrogen-bond acceptors (Lipinski definition) is 6. The Morgan fingerprint density at radius 1 is 1.30 bits per heavy atom. The molecule has 27 heavy (non-hydrogen) atoms. The third kappa shape index (κ3) is 5.56. The van der Waals surface area contributed by atoms with Gasteiger partial charge in [0.15, 0.2) is 5.16 Å². The van der Waals surface area contributed by atoms with Crippen molar-refractivity contribution in [2.45, 2.75) is 65.3 Å². The van der Waals surface area contributed by atoms with Gasteiger partial charge in [0.2, 0.25) is 5.91 Å². The van der Waals surface area contributed by atoms with Crippen LogP contribution in [0.4, 0.5) is 0 Å². The molecule has 2 rings (SSSR count). The Bertz CT molecular complexity index is 856. The molecule has 150 valence electrons. The number of thioether (sulfide) groups is 1. The van der Waals surface area contributed by atoms with Crippen LogP contribution >= 0.6 is 23.1 Å². The van der Waals surface area contributed by atoms with Crippen molar-refractivity contribution in [1.82, 2.24) is 14.9 Å². The van der Waals surface area contributed by atoms with E-state index in [1.54, 1.807) is 4.57 Å². The van der Waals surface area contributed by atoms with Crippen molar-refractivity contribution in [2.24, 2.45) is 0 Å². The largest absolute Gasteiger partial charge is 0.379 e. The number of nitrogens with zero attached hydrogens (tertiary/aromatic N) is 2. The monoisotopic (exact) mass is 411 g/mol. The fraction of sp³-hybridized carbons (Fsp3) is 0.632. The Hall–Kier alpha value is -1.38. The van der Waals surface area contributed by atoms with Crippen LogP contribution in [-0.4, -0.2) is 40.5 Å². The number of nitrogens with one attached hydrogen (secondary N) is 1. The summed E-state index contributed by atoms with van der Waals surface area (Å²) in [4.78, 5) is 31.6. The lowest BCUT2D eigenvalue weighted by Crippen LogP contribution is -2.28. The zero-order valence-corrected chi connectivity index (χ0v) is 18.6. The van der Waals surface area contributed by atoms with E-state index in [9.17, 15) is 9.59 Å². The summed E-state index contributed by atoms with van der Waals surface area (Å²) in [6, 6.07) is -0.0206. The molecular weight excluding hydrogens is 382 g/mol. The van der Waals surface area contributed by atoms with Gasteiger partial charge in [-0.05, 0) is 53.5 Å². The summed E-state index contributed by atoms with van der Waals surface area (Å²) >= 11 is 2.84. The summed E-state index contributed by atoms with van der Waals surface area (Å²) < 4.78 is 7.15. The topological polar surface area (TPSA) is 73.2 Å². The lowest BCUT2D eigenvalue weighted by molar-refractivity contribution is -0.118. The van der Waals surface area contributed by atoms with E-state index in [1.165, 1.54) is 23.1 Å². The van der Waals surface area contributed by atoms with Crippen LogP contribution in [-0.2, 0) is 9.53 Å². The molecule has 0 aliphatic rings. The zero-order chi connectivity index (χ0) is 20.1. The van der Waals surface area contributed by atoms with Crippen molar-refractivity contribution in [3.8, 4) is 0 Å². The highest BCUT2D eigenvalue weighted by atomic mass is 32.2. The van der Waals surface area contributed by atoms with Crippen LogP contribution in [0.3, 0.4) is 0 Å². The number of amides is 1. The second-order valence-electron chi connectivity index (χ2n) is 7.04. The van der Waals surface area contributed by atoms with Crippen molar-refractivity contribution in [1.29, 1.82) is 0 Å². The van der Waals surface area contributed by atoms with Crippen molar-refractivity contribution in [3.05, 3.63) is 20.8 Å². The Labute approximate surface area is 168 Å². The van der Waals surface area contributed by atoms with E-state index in [2.05, 4.69) is 10.3 Å². The summed E-state index contributed by atoms with van der Waals surface area (Å²) in [5.74, 6) is 0.173. The average Bonchev–Trinajstić information content (AvgIpc) is 2.86. The minimum absolute atomic E-state index is 0.0206. The van der Waals surface area contributed by atoms with Gasteiger partial charge in [-0.2, -0.15) is 0 Å². The van der Waals surface area contributed by atoms with Crippen LogP contribution in [0.1, 0.15) is 50.6 Å². The lowest BCUT2D eigenvalue weighted by Gasteiger charge is -2.15. The minimum Gasteiger partial charge on any atom is -0.379 e. The van der Waals surface area contributed by atoms with Gasteiger partial charge in [0.05, 0.1) is 17.2 Å². The maximum Gasteiger partial charge on any atom is 0.263 e. The highest BCUT2D eigenvalue weighted by Gasteiger charge is 2.19. The molecular formula is C19H29N3O3S2. The van der Waals surface area contributed by atoms with E-state index >= 15 is 0 Å². The van der Waals surface area contributed by atoms with Crippen LogP contribution in [0, 0.1) is 13.8 Å². The second kappa shape index (κ2) is 9.71. The quantitative estimate of drug-likeness (QED) is 0.387. The molecule has 0 saturated carbocycles. The van der Waals surface area contributed by atoms with Crippen molar-refractivity contribution in [2.75, 3.05) is 18.9 Å². The number of aromatic nitrogens is 2. The first-order chi connectivity index (χ1) is 12.7. The molecule has 2 aromatic heterocycles. The van der Waals surface area contributed by atoms with Crippen LogP contribution in [0.2, 0.25) is 0 Å². The average molecular weight is 412 g/mol. The first-order valence-electron chi connectivity index (χ1n) is 9.25. The van der Waals surface area contributed by atoms with E-state index in [4.69, 9.17) is 4.74 Å². The van der Waals surface area contributed by atoms with E-state index < -0.39 is 0 Å². The Balaban J connectivity index is 2.06. The number of thiophene rings is 1. The molecule has 0 atom stereocenters. The Morgan fingerprint density at radius 2 is 2.00 bits per heavy atom. The van der Waals surface area contributed by atoms with Gasteiger partial charge >= 0.3 is 0 Å². The number of ether oxygens (including phenoxy) is 1. The highest BCUT2D eigenvalue weighted by molar-refractivity contribution is 7.99. The normalized spacial score (nSPS) is 11.7. The van der Waals surface area contributed by atoms with Crippen molar-refractivity contribution >= 4 is 39.2 Å². The minimum atomic E-state index is -0.0623. The van der Waals surface area contributed by atoms with E-state index in [1.807, 2.05) is 41.5 Å². The molecule has 0 unspecified atom stereocenters. The number of hydrogen-bond donors (Lipinski definition) is 1. The smallest absolute Gasteiger partial charge is 0.263 e. The van der Waals surface area contributed by atoms with Gasteiger partial charge in [0.1, 0.15) is 4.83 Å². The van der Waals surface area contributed by atoms with Gasteiger partial charge < -0.3 is 10.1 Å². The third-order valence-electron chi connectivity index (χ3n) is 4.15. The number of fused-ring (bicyclic) bond motifs is 1. The number of carbonyl (C=O) groups is 1. The third-order valence-corrected chi connectivity index (χ3v) is 6.20. The van der Waals surface area contributed by atoms with Crippen molar-refractivity contribution < 1.29 is 9.53 Å². The van der Waals surface area contributed by atoms with Crippen LogP contribution in [0.25, 0.3) is 10.2 Å². The number of carbonyl (C=O) groups excluding carboxylic acids is 1. The lowest BCUT2D eigenvalue weighted by atomic mass is 10.2. The summed E-state index contributed by atoms with van der Waals surface area (Å²) in [6.07, 6.45) is 0.984. The fourth-order valence-electron chi connectivity index (χ4n) is 2.65. The van der Waals surface area contributed by atoms with Gasteiger partial charge in [-0.25, -0.2) is 4.98 Å². The van der Waals surface area contributed by atoms with Gasteiger partial charge in [-0.1, -0.05) is 11.8 Å². The fourth-order valence-corrected chi connectivity index (χ4v) is 4.67. The predicted molar refractivity (Wildman–Crippen MR) is 113 cm³/mol. The van der Waals surface area contributed by atoms with Crippen LogP contribution < -0.4 is 10.9 Å². The summed E-state index contributed by atoms with van der Waals surface area (Å²) in [5.41, 5.74) is 0.977. The zero-order valence-electron chi connectivity index (χ0n) is 16.9. The van der Waals surface area contributed by atoms with Gasteiger partial charge in [-0.15, -0.1) is 11.3 Å². The molecule has 6 nitrogen and oxygen atoms in total. The molecule has 2 aromatic rings. The number of rotatable bonds is 9. The van der Waals surface area contributed by atoms with Crippen LogP contribution in [0.5, 0.6) is 0 Å². The summed E-state index contributed by atoms with van der Waals surface area (Å²) in [7, 11) is 0. The van der Waals surface area contributed by atoms with Gasteiger partial charge in [0.25, 0.3) is 5.56 Å². The summed E-state index contributed by atoms with van der Waals surface area (Å²) in [6.45, 7) is 13.1. The first-order valence-corrected chi connectivity index (χ1v) is 11.1. The molecule has 8 heteroatoms. The van der Waals surface area contributed by atoms with Gasteiger partial charge in [0, 0.05) is 24.1 Å². The van der Waals surface area contributed by atoms with E-state index in [0.29, 0.717) is 23.7 Å². The highest BCUT2D eigenvalue weighted by Crippen LogP contribution is 2.29. The molecule has 1 amide bonds. The molecule has 0 fully saturated rings. The molecule has 2 heterocycles. The molecule has 0 aromatic carbocycles. The van der Waals surface area contributed by atoms with E-state index in [0.717, 1.165) is 21.7 Å². The molecule has 0 spiro atoms. The standard InChI is InChI=1S/C19H29N3O3S2/c1-11(2)22-18(24)16-13(5)14(6)27-17(16)21-19(22)26-10-15(23)20-8-7-9-25-12(3)4/h11-12H,7-10H2,1-6H3,(H,20,23). The van der Waals surface area contributed by atoms with E-state index in [-0.39, 0.29) is 29.4 Å². The first kappa shape index (κ1) is 21.9. The maximum absolute atomic E-state index is 13.0. The SMILES string of the molecule is Cc1sc2nc(SCC(=O)NCCCOC(C)C)n(C(C)C)c(=O)c2c1C. The molecule has 0 aliphatic carbocycles. The molecule has 0 radical (unpaired) electrons. The maximum atomic E-state index is 13.0. The van der Waals surface area contributed by atoms with Crippen LogP contribution in [0.15, 0.2) is 9.95 Å².